The SMILES string of the molecule is CC(C)(C)OC(=O)N1CCN(c2cc(-c3ccccc3)c(C(F)(F)F)nc2OS(=O)(=O)C(F)(F)F)CC1. The predicted octanol–water partition coefficient (Wildman–Crippen LogP) is 5.05. The predicted molar refractivity (Wildman–Crippen MR) is 120 cm³/mol. The Morgan fingerprint density at radius 3 is 2.00 bits per heavy atom. The smallest absolute Gasteiger partial charge is 0.444 e. The van der Waals surface area contributed by atoms with Gasteiger partial charge in [-0.3, -0.25) is 0 Å². The second kappa shape index (κ2) is 9.91. The summed E-state index contributed by atoms with van der Waals surface area (Å²) in [5.41, 5.74) is -9.18. The van der Waals surface area contributed by atoms with Gasteiger partial charge in [0.25, 0.3) is 5.88 Å². The lowest BCUT2D eigenvalue weighted by atomic mass is 10.0. The van der Waals surface area contributed by atoms with E-state index < -0.39 is 56.3 Å². The van der Waals surface area contributed by atoms with Crippen LogP contribution in [0.5, 0.6) is 5.88 Å². The number of amides is 1. The Labute approximate surface area is 208 Å². The molecule has 1 amide bonds. The molecule has 0 aliphatic carbocycles. The van der Waals surface area contributed by atoms with Crippen LogP contribution in [0.15, 0.2) is 36.4 Å². The Morgan fingerprint density at radius 1 is 0.946 bits per heavy atom. The van der Waals surface area contributed by atoms with Crippen molar-refractivity contribution in [3.05, 3.63) is 42.1 Å². The van der Waals surface area contributed by atoms with E-state index in [0.29, 0.717) is 0 Å². The van der Waals surface area contributed by atoms with E-state index in [1.807, 2.05) is 0 Å². The zero-order valence-corrected chi connectivity index (χ0v) is 20.7. The first-order valence-corrected chi connectivity index (χ1v) is 12.2. The fourth-order valence-corrected chi connectivity index (χ4v) is 3.86. The van der Waals surface area contributed by atoms with Crippen molar-refractivity contribution in [1.29, 1.82) is 0 Å². The number of alkyl halides is 6. The molecule has 8 nitrogen and oxygen atoms in total. The molecule has 0 N–H and O–H groups in total. The zero-order chi connectivity index (χ0) is 27.8. The van der Waals surface area contributed by atoms with Crippen molar-refractivity contribution >= 4 is 21.9 Å². The van der Waals surface area contributed by atoms with E-state index in [9.17, 15) is 39.6 Å². The number of carbonyl (C=O) groups is 1. The van der Waals surface area contributed by atoms with E-state index in [-0.39, 0.29) is 31.7 Å². The minimum atomic E-state index is -6.34. The fourth-order valence-electron chi connectivity index (χ4n) is 3.44. The van der Waals surface area contributed by atoms with Gasteiger partial charge in [-0.05, 0) is 32.4 Å². The number of aromatic nitrogens is 1. The molecule has 1 aromatic heterocycles. The van der Waals surface area contributed by atoms with Crippen LogP contribution in [0.4, 0.5) is 36.8 Å². The topological polar surface area (TPSA) is 89.0 Å². The lowest BCUT2D eigenvalue weighted by Gasteiger charge is -2.37. The third-order valence-electron chi connectivity index (χ3n) is 5.07. The first-order chi connectivity index (χ1) is 16.9. The molecule has 1 aliphatic heterocycles. The van der Waals surface area contributed by atoms with Crippen molar-refractivity contribution in [3.63, 3.8) is 0 Å². The van der Waals surface area contributed by atoms with Crippen molar-refractivity contribution < 1.29 is 48.5 Å². The summed E-state index contributed by atoms with van der Waals surface area (Å²) in [6.07, 6.45) is -5.81. The molecule has 1 aromatic carbocycles. The Balaban J connectivity index is 2.07. The van der Waals surface area contributed by atoms with Crippen LogP contribution < -0.4 is 9.08 Å². The Bertz CT molecular complexity index is 1240. The molecule has 0 radical (unpaired) electrons. The third kappa shape index (κ3) is 6.76. The van der Waals surface area contributed by atoms with Crippen molar-refractivity contribution in [2.24, 2.45) is 0 Å². The minimum absolute atomic E-state index is 0.0118. The second-order valence-electron chi connectivity index (χ2n) is 9.01. The normalized spacial score (nSPS) is 15.5. The monoisotopic (exact) mass is 555 g/mol. The molecule has 2 aromatic rings. The van der Waals surface area contributed by atoms with E-state index in [4.69, 9.17) is 4.74 Å². The van der Waals surface area contributed by atoms with E-state index in [1.165, 1.54) is 34.1 Å². The zero-order valence-electron chi connectivity index (χ0n) is 19.9. The van der Waals surface area contributed by atoms with Gasteiger partial charge in [0, 0.05) is 31.7 Å². The van der Waals surface area contributed by atoms with Crippen LogP contribution in [-0.4, -0.2) is 61.7 Å². The Morgan fingerprint density at radius 2 is 1.51 bits per heavy atom. The van der Waals surface area contributed by atoms with Crippen LogP contribution in [-0.2, 0) is 21.0 Å². The summed E-state index contributed by atoms with van der Waals surface area (Å²) in [6, 6.07) is 8.01. The second-order valence-corrected chi connectivity index (χ2v) is 10.5. The van der Waals surface area contributed by atoms with Gasteiger partial charge in [-0.25, -0.2) is 9.78 Å². The van der Waals surface area contributed by atoms with Gasteiger partial charge >= 0.3 is 27.9 Å². The summed E-state index contributed by atoms with van der Waals surface area (Å²) in [6.45, 7) is 4.79. The largest absolute Gasteiger partial charge is 0.534 e. The quantitative estimate of drug-likeness (QED) is 0.296. The molecule has 1 aliphatic rings. The van der Waals surface area contributed by atoms with E-state index in [0.717, 1.165) is 6.07 Å². The van der Waals surface area contributed by atoms with Gasteiger partial charge in [0.1, 0.15) is 11.3 Å². The molecule has 0 spiro atoms. The number of piperazine rings is 1. The number of hydrogen-bond donors (Lipinski definition) is 0. The maximum absolute atomic E-state index is 13.9. The molecule has 3 rings (SSSR count). The Hall–Kier alpha value is -3.23. The van der Waals surface area contributed by atoms with E-state index >= 15 is 0 Å². The van der Waals surface area contributed by atoms with Gasteiger partial charge in [0.2, 0.25) is 0 Å². The molecule has 0 saturated carbocycles. The van der Waals surface area contributed by atoms with E-state index in [1.54, 1.807) is 26.8 Å². The van der Waals surface area contributed by atoms with E-state index in [2.05, 4.69) is 9.17 Å². The minimum Gasteiger partial charge on any atom is -0.444 e. The van der Waals surface area contributed by atoms with Crippen LogP contribution in [0.2, 0.25) is 0 Å². The summed E-state index contributed by atoms with van der Waals surface area (Å²) in [5, 5.41) is 0. The molecule has 204 valence electrons. The molecule has 1 fully saturated rings. The molecule has 2 heterocycles. The van der Waals surface area contributed by atoms with Gasteiger partial charge in [-0.15, -0.1) is 0 Å². The van der Waals surface area contributed by atoms with Crippen molar-refractivity contribution in [1.82, 2.24) is 9.88 Å². The average molecular weight is 555 g/mol. The fraction of sp³-hybridized carbons (Fsp3) is 0.455. The maximum atomic E-state index is 13.9. The number of hydrogen-bond acceptors (Lipinski definition) is 7. The van der Waals surface area contributed by atoms with Gasteiger partial charge in [-0.2, -0.15) is 34.8 Å². The average Bonchev–Trinajstić information content (AvgIpc) is 2.77. The molecule has 0 atom stereocenters. The molecular formula is C22H23F6N3O5S. The van der Waals surface area contributed by atoms with Gasteiger partial charge < -0.3 is 18.7 Å². The molecule has 0 unspecified atom stereocenters. The van der Waals surface area contributed by atoms with Crippen LogP contribution in [0, 0.1) is 0 Å². The number of benzene rings is 1. The summed E-state index contributed by atoms with van der Waals surface area (Å²) < 4.78 is 113. The maximum Gasteiger partial charge on any atom is 0.534 e. The number of ether oxygens (including phenoxy) is 1. The first kappa shape index (κ1) is 28.3. The number of anilines is 1. The van der Waals surface area contributed by atoms with Crippen LogP contribution in [0.25, 0.3) is 11.1 Å². The third-order valence-corrected chi connectivity index (χ3v) is 6.01. The molecular weight excluding hydrogens is 532 g/mol. The van der Waals surface area contributed by atoms with Gasteiger partial charge in [0.15, 0.2) is 5.69 Å². The summed E-state index contributed by atoms with van der Waals surface area (Å²) >= 11 is 0. The highest BCUT2D eigenvalue weighted by atomic mass is 32.2. The van der Waals surface area contributed by atoms with Crippen molar-refractivity contribution in [2.45, 2.75) is 38.1 Å². The molecule has 15 heteroatoms. The summed E-state index contributed by atoms with van der Waals surface area (Å²) in [4.78, 5) is 18.2. The van der Waals surface area contributed by atoms with Crippen LogP contribution >= 0.6 is 0 Å². The number of pyridine rings is 1. The molecule has 0 bridgehead atoms. The van der Waals surface area contributed by atoms with Crippen molar-refractivity contribution in [3.8, 4) is 17.0 Å². The van der Waals surface area contributed by atoms with Gasteiger partial charge in [-0.1, -0.05) is 30.3 Å². The van der Waals surface area contributed by atoms with Crippen LogP contribution in [0.3, 0.4) is 0 Å². The van der Waals surface area contributed by atoms with Gasteiger partial charge in [0.05, 0.1) is 0 Å². The standard InChI is InChI=1S/C22H23F6N3O5S/c1-20(2,3)35-19(32)31-11-9-30(10-12-31)16-13-15(14-7-5-4-6-8-14)17(21(23,24)25)29-18(16)36-37(33,34)22(26,27)28/h4-8,13H,9-12H2,1-3H3. The number of rotatable bonds is 4. The lowest BCUT2D eigenvalue weighted by Crippen LogP contribution is -2.50. The highest BCUT2D eigenvalue weighted by Gasteiger charge is 2.50. The first-order valence-electron chi connectivity index (χ1n) is 10.8. The van der Waals surface area contributed by atoms with Crippen LogP contribution in [0.1, 0.15) is 26.5 Å². The highest BCUT2D eigenvalue weighted by Crippen LogP contribution is 2.42. The lowest BCUT2D eigenvalue weighted by molar-refractivity contribution is -0.140. The highest BCUT2D eigenvalue weighted by molar-refractivity contribution is 7.88. The molecule has 37 heavy (non-hydrogen) atoms. The van der Waals surface area contributed by atoms with Crippen molar-refractivity contribution in [2.75, 3.05) is 31.1 Å². The summed E-state index contributed by atoms with van der Waals surface area (Å²) in [5.74, 6) is -1.38. The number of carbonyl (C=O) groups excluding carboxylic acids is 1. The number of halogens is 6. The molecule has 1 saturated heterocycles. The number of nitrogens with zero attached hydrogens (tertiary/aromatic N) is 3. The Kier molecular flexibility index (Phi) is 7.59. The summed E-state index contributed by atoms with van der Waals surface area (Å²) in [7, 11) is -6.34.